The Bertz CT molecular complexity index is 568. The number of aryl methyl sites for hydroxylation is 2. The summed E-state index contributed by atoms with van der Waals surface area (Å²) in [4.78, 5) is 13.1. The van der Waals surface area contributed by atoms with Crippen molar-refractivity contribution < 1.29 is 0 Å². The van der Waals surface area contributed by atoms with Gasteiger partial charge in [-0.25, -0.2) is 15.0 Å². The molecule has 0 radical (unpaired) electrons. The number of nitrogens with zero attached hydrogens (tertiary/aromatic N) is 3. The van der Waals surface area contributed by atoms with E-state index in [1.165, 1.54) is 0 Å². The molecule has 2 rings (SSSR count). The van der Waals surface area contributed by atoms with Crippen LogP contribution < -0.4 is 5.32 Å². The average molecular weight is 297 g/mol. The second-order valence-electron chi connectivity index (χ2n) is 4.32. The third kappa shape index (κ3) is 3.64. The van der Waals surface area contributed by atoms with Gasteiger partial charge in [-0.3, -0.25) is 0 Å². The number of anilines is 1. The van der Waals surface area contributed by atoms with Crippen molar-refractivity contribution in [3.05, 3.63) is 32.6 Å². The molecule has 0 fully saturated rings. The fourth-order valence-electron chi connectivity index (χ4n) is 1.67. The first-order valence-electron chi connectivity index (χ1n) is 6.28. The van der Waals surface area contributed by atoms with Crippen LogP contribution in [0.3, 0.4) is 0 Å². The van der Waals surface area contributed by atoms with Crippen molar-refractivity contribution in [3.63, 3.8) is 0 Å². The summed E-state index contributed by atoms with van der Waals surface area (Å²) in [5.74, 6) is 1.59. The molecule has 1 N–H and O–H groups in total. The molecule has 4 nitrogen and oxygen atoms in total. The largest absolute Gasteiger partial charge is 0.369 e. The molecule has 0 unspecified atom stereocenters. The molecule has 0 aliphatic rings. The van der Waals surface area contributed by atoms with Crippen LogP contribution in [-0.4, -0.2) is 21.5 Å². The monoisotopic (exact) mass is 296 g/mol. The molecule has 0 amide bonds. The van der Waals surface area contributed by atoms with Crippen molar-refractivity contribution in [3.8, 4) is 0 Å². The number of thiazole rings is 1. The van der Waals surface area contributed by atoms with Crippen LogP contribution in [0.2, 0.25) is 5.15 Å². The summed E-state index contributed by atoms with van der Waals surface area (Å²) in [5, 5.41) is 7.05. The number of nitrogens with one attached hydrogen (secondary N) is 1. The van der Waals surface area contributed by atoms with Gasteiger partial charge in [0.15, 0.2) is 0 Å². The molecule has 0 aliphatic carbocycles. The molecule has 2 aromatic rings. The van der Waals surface area contributed by atoms with Gasteiger partial charge in [-0.05, 0) is 13.8 Å². The molecule has 0 atom stereocenters. The molecule has 0 aromatic carbocycles. The number of aromatic nitrogens is 3. The average Bonchev–Trinajstić information content (AvgIpc) is 2.80. The Morgan fingerprint density at radius 2 is 2.05 bits per heavy atom. The van der Waals surface area contributed by atoms with Crippen molar-refractivity contribution >= 4 is 28.8 Å². The van der Waals surface area contributed by atoms with Crippen molar-refractivity contribution in [1.29, 1.82) is 0 Å². The Morgan fingerprint density at radius 1 is 1.26 bits per heavy atom. The normalized spacial score (nSPS) is 10.7. The summed E-state index contributed by atoms with van der Waals surface area (Å²) < 4.78 is 0. The Kier molecular flexibility index (Phi) is 4.71. The number of hydrogen-bond donors (Lipinski definition) is 1. The summed E-state index contributed by atoms with van der Waals surface area (Å²) in [5.41, 5.74) is 1.98. The molecule has 6 heteroatoms. The minimum atomic E-state index is 0.527. The molecule has 0 aliphatic heterocycles. The van der Waals surface area contributed by atoms with Crippen LogP contribution in [0.4, 0.5) is 5.82 Å². The highest BCUT2D eigenvalue weighted by atomic mass is 35.5. The van der Waals surface area contributed by atoms with Crippen LogP contribution in [0, 0.1) is 13.8 Å². The van der Waals surface area contributed by atoms with E-state index in [0.717, 1.165) is 47.3 Å². The number of hydrogen-bond acceptors (Lipinski definition) is 5. The van der Waals surface area contributed by atoms with Crippen LogP contribution in [0.5, 0.6) is 0 Å². The minimum absolute atomic E-state index is 0.527. The van der Waals surface area contributed by atoms with E-state index in [-0.39, 0.29) is 0 Å². The Morgan fingerprint density at radius 3 is 2.68 bits per heavy atom. The van der Waals surface area contributed by atoms with E-state index in [2.05, 4.69) is 25.6 Å². The summed E-state index contributed by atoms with van der Waals surface area (Å²) in [6.45, 7) is 6.75. The molecule has 2 heterocycles. The fourth-order valence-corrected chi connectivity index (χ4v) is 2.63. The topological polar surface area (TPSA) is 50.7 Å². The van der Waals surface area contributed by atoms with Crippen molar-refractivity contribution in [2.75, 3.05) is 11.9 Å². The first-order valence-corrected chi connectivity index (χ1v) is 7.53. The number of halogens is 1. The van der Waals surface area contributed by atoms with Crippen LogP contribution in [0.1, 0.15) is 29.0 Å². The van der Waals surface area contributed by atoms with Gasteiger partial charge in [-0.1, -0.05) is 18.5 Å². The molecule has 0 saturated heterocycles. The van der Waals surface area contributed by atoms with E-state index in [0.29, 0.717) is 5.15 Å². The van der Waals surface area contributed by atoms with Crippen LogP contribution in [0.25, 0.3) is 0 Å². The molecule has 102 valence electrons. The first-order chi connectivity index (χ1) is 9.10. The van der Waals surface area contributed by atoms with E-state index in [4.69, 9.17) is 11.6 Å². The van der Waals surface area contributed by atoms with Gasteiger partial charge in [0.05, 0.1) is 5.01 Å². The Balaban J connectivity index is 2.01. The zero-order chi connectivity index (χ0) is 13.8. The van der Waals surface area contributed by atoms with Crippen LogP contribution in [-0.2, 0) is 12.8 Å². The zero-order valence-electron chi connectivity index (χ0n) is 11.3. The zero-order valence-corrected chi connectivity index (χ0v) is 12.9. The fraction of sp³-hybridized carbons (Fsp3) is 0.462. The minimum Gasteiger partial charge on any atom is -0.369 e. The highest BCUT2D eigenvalue weighted by Crippen LogP contribution is 2.20. The summed E-state index contributed by atoms with van der Waals surface area (Å²) >= 11 is 7.79. The van der Waals surface area contributed by atoms with Crippen LogP contribution >= 0.6 is 22.9 Å². The van der Waals surface area contributed by atoms with Gasteiger partial charge >= 0.3 is 0 Å². The van der Waals surface area contributed by atoms with E-state index >= 15 is 0 Å². The van der Waals surface area contributed by atoms with Gasteiger partial charge < -0.3 is 5.32 Å². The summed E-state index contributed by atoms with van der Waals surface area (Å²) in [6, 6.07) is 0. The highest BCUT2D eigenvalue weighted by Gasteiger charge is 2.08. The lowest BCUT2D eigenvalue weighted by atomic mass is 10.3. The summed E-state index contributed by atoms with van der Waals surface area (Å²) in [7, 11) is 0. The maximum Gasteiger partial charge on any atom is 0.137 e. The van der Waals surface area contributed by atoms with Gasteiger partial charge in [0.1, 0.15) is 16.8 Å². The van der Waals surface area contributed by atoms with Gasteiger partial charge in [0, 0.05) is 36.0 Å². The lowest BCUT2D eigenvalue weighted by molar-refractivity contribution is 0.912. The predicted octanol–water partition coefficient (Wildman–Crippen LogP) is 3.42. The van der Waals surface area contributed by atoms with E-state index in [1.807, 2.05) is 20.8 Å². The molecule has 0 spiro atoms. The quantitative estimate of drug-likeness (QED) is 0.859. The molecule has 0 bridgehead atoms. The number of rotatable bonds is 5. The second-order valence-corrected chi connectivity index (χ2v) is 5.62. The SMILES string of the molecule is CCc1nc(Cl)c(C)c(NCCc2nc(C)cs2)n1. The lowest BCUT2D eigenvalue weighted by Crippen LogP contribution is -2.10. The van der Waals surface area contributed by atoms with Crippen LogP contribution in [0.15, 0.2) is 5.38 Å². The molecule has 0 saturated carbocycles. The van der Waals surface area contributed by atoms with Gasteiger partial charge in [-0.15, -0.1) is 11.3 Å². The Hall–Kier alpha value is -1.20. The van der Waals surface area contributed by atoms with Crippen molar-refractivity contribution in [1.82, 2.24) is 15.0 Å². The van der Waals surface area contributed by atoms with Crippen molar-refractivity contribution in [2.45, 2.75) is 33.6 Å². The third-order valence-electron chi connectivity index (χ3n) is 2.75. The molecule has 19 heavy (non-hydrogen) atoms. The Labute approximate surface area is 122 Å². The maximum absolute atomic E-state index is 6.10. The van der Waals surface area contributed by atoms with Crippen molar-refractivity contribution in [2.24, 2.45) is 0 Å². The lowest BCUT2D eigenvalue weighted by Gasteiger charge is -2.10. The van der Waals surface area contributed by atoms with E-state index in [1.54, 1.807) is 11.3 Å². The molecular weight excluding hydrogens is 280 g/mol. The van der Waals surface area contributed by atoms with Gasteiger partial charge in [0.25, 0.3) is 0 Å². The first kappa shape index (κ1) is 14.2. The molecular formula is C13H17ClN4S. The molecule has 2 aromatic heterocycles. The third-order valence-corrected chi connectivity index (χ3v) is 4.14. The van der Waals surface area contributed by atoms with E-state index in [9.17, 15) is 0 Å². The van der Waals surface area contributed by atoms with Gasteiger partial charge in [-0.2, -0.15) is 0 Å². The standard InChI is InChI=1S/C13H17ClN4S/c1-4-10-17-12(14)9(3)13(18-10)15-6-5-11-16-8(2)7-19-11/h7H,4-6H2,1-3H3,(H,15,17,18). The second kappa shape index (κ2) is 6.30. The summed E-state index contributed by atoms with van der Waals surface area (Å²) in [6.07, 6.45) is 1.67. The highest BCUT2D eigenvalue weighted by molar-refractivity contribution is 7.09. The van der Waals surface area contributed by atoms with Gasteiger partial charge in [0.2, 0.25) is 0 Å². The smallest absolute Gasteiger partial charge is 0.137 e. The van der Waals surface area contributed by atoms with E-state index < -0.39 is 0 Å². The maximum atomic E-state index is 6.10. The predicted molar refractivity (Wildman–Crippen MR) is 80.2 cm³/mol.